The fourth-order valence-electron chi connectivity index (χ4n) is 1.52. The van der Waals surface area contributed by atoms with Crippen molar-refractivity contribution in [3.63, 3.8) is 0 Å². The van der Waals surface area contributed by atoms with E-state index in [0.717, 1.165) is 18.0 Å². The molecule has 5 nitrogen and oxygen atoms in total. The molecule has 0 radical (unpaired) electrons. The Morgan fingerprint density at radius 2 is 2.24 bits per heavy atom. The van der Waals surface area contributed by atoms with Gasteiger partial charge in [0.15, 0.2) is 11.6 Å². The molecule has 1 rings (SSSR count). The highest BCUT2D eigenvalue weighted by atomic mass is 32.2. The molecule has 0 bridgehead atoms. The lowest BCUT2D eigenvalue weighted by Crippen LogP contribution is -2.30. The summed E-state index contributed by atoms with van der Waals surface area (Å²) >= 11 is 1.84. The number of thioether (sulfide) groups is 1. The number of nitrogens with zero attached hydrogens (tertiary/aromatic N) is 3. The van der Waals surface area contributed by atoms with E-state index in [1.807, 2.05) is 18.8 Å². The largest absolute Gasteiger partial charge is 0.490 e. The summed E-state index contributed by atoms with van der Waals surface area (Å²) in [6.07, 6.45) is 4.66. The maximum absolute atomic E-state index is 5.76. The minimum atomic E-state index is 0.376. The molecule has 0 aliphatic carbocycles. The number of nitrogen functional groups attached to an aromatic ring is 1. The molecule has 0 amide bonds. The van der Waals surface area contributed by atoms with E-state index in [-0.39, 0.29) is 0 Å². The molecule has 1 atom stereocenters. The molecule has 0 aromatic carbocycles. The van der Waals surface area contributed by atoms with Gasteiger partial charge in [0.05, 0.1) is 7.11 Å². The molecule has 1 aromatic heterocycles. The molecule has 6 heteroatoms. The third-order valence-electron chi connectivity index (χ3n) is 2.75. The molecule has 17 heavy (non-hydrogen) atoms. The summed E-state index contributed by atoms with van der Waals surface area (Å²) in [6.45, 7) is 2.16. The molecule has 96 valence electrons. The van der Waals surface area contributed by atoms with Crippen LogP contribution in [0.2, 0.25) is 0 Å². The first-order chi connectivity index (χ1) is 8.11. The molecule has 0 aliphatic heterocycles. The van der Waals surface area contributed by atoms with Crippen LogP contribution in [0.5, 0.6) is 5.75 Å². The molecule has 1 unspecified atom stereocenters. The molecular weight excluding hydrogens is 236 g/mol. The van der Waals surface area contributed by atoms with Gasteiger partial charge in [0, 0.05) is 13.1 Å². The van der Waals surface area contributed by atoms with E-state index in [1.54, 1.807) is 7.11 Å². The first kappa shape index (κ1) is 13.9. The Morgan fingerprint density at radius 1 is 1.53 bits per heavy atom. The summed E-state index contributed by atoms with van der Waals surface area (Å²) in [4.78, 5) is 10.2. The summed E-state index contributed by atoms with van der Waals surface area (Å²) < 4.78 is 5.26. The van der Waals surface area contributed by atoms with Crippen LogP contribution in [-0.4, -0.2) is 42.2 Å². The number of methoxy groups -OCH3 is 1. The number of aromatic nitrogens is 2. The van der Waals surface area contributed by atoms with Crippen molar-refractivity contribution in [2.45, 2.75) is 19.4 Å². The quantitative estimate of drug-likeness (QED) is 0.835. The van der Waals surface area contributed by atoms with Gasteiger partial charge in [-0.15, -0.1) is 0 Å². The summed E-state index contributed by atoms with van der Waals surface area (Å²) in [7, 11) is 3.58. The molecule has 0 fully saturated rings. The van der Waals surface area contributed by atoms with Crippen molar-refractivity contribution in [2.24, 2.45) is 0 Å². The Hall–Kier alpha value is -1.17. The zero-order valence-electron chi connectivity index (χ0n) is 10.8. The number of nitrogens with two attached hydrogens (primary N) is 1. The topological polar surface area (TPSA) is 64.3 Å². The van der Waals surface area contributed by atoms with Crippen LogP contribution in [0, 0.1) is 0 Å². The second-order valence-electron chi connectivity index (χ2n) is 3.86. The van der Waals surface area contributed by atoms with Gasteiger partial charge in [-0.3, -0.25) is 0 Å². The molecule has 1 heterocycles. The number of anilines is 2. The number of ether oxygens (including phenoxy) is 1. The first-order valence-electron chi connectivity index (χ1n) is 5.48. The average molecular weight is 256 g/mol. The van der Waals surface area contributed by atoms with E-state index in [4.69, 9.17) is 10.5 Å². The van der Waals surface area contributed by atoms with Gasteiger partial charge in [0.25, 0.3) is 0 Å². The van der Waals surface area contributed by atoms with E-state index in [0.29, 0.717) is 17.6 Å². The third kappa shape index (κ3) is 3.39. The summed E-state index contributed by atoms with van der Waals surface area (Å²) in [6, 6.07) is 0.380. The number of hydrogen-bond acceptors (Lipinski definition) is 6. The Balaban J connectivity index is 2.87. The van der Waals surface area contributed by atoms with E-state index < -0.39 is 0 Å². The van der Waals surface area contributed by atoms with Gasteiger partial charge in [-0.1, -0.05) is 0 Å². The highest BCUT2D eigenvalue weighted by Crippen LogP contribution is 2.30. The minimum Gasteiger partial charge on any atom is -0.490 e. The highest BCUT2D eigenvalue weighted by molar-refractivity contribution is 7.98. The summed E-state index contributed by atoms with van der Waals surface area (Å²) in [5.41, 5.74) is 5.76. The normalized spacial score (nSPS) is 12.2. The van der Waals surface area contributed by atoms with Crippen LogP contribution >= 0.6 is 11.8 Å². The zero-order chi connectivity index (χ0) is 12.8. The van der Waals surface area contributed by atoms with Crippen molar-refractivity contribution in [2.75, 3.05) is 36.8 Å². The van der Waals surface area contributed by atoms with Gasteiger partial charge in [0.2, 0.25) is 5.75 Å². The van der Waals surface area contributed by atoms with E-state index in [9.17, 15) is 0 Å². The molecular formula is C11H20N4OS. The maximum atomic E-state index is 5.76. The van der Waals surface area contributed by atoms with Crippen LogP contribution in [0.4, 0.5) is 11.6 Å². The van der Waals surface area contributed by atoms with Crippen LogP contribution in [-0.2, 0) is 0 Å². The van der Waals surface area contributed by atoms with Crippen molar-refractivity contribution in [1.82, 2.24) is 9.97 Å². The van der Waals surface area contributed by atoms with Crippen molar-refractivity contribution >= 4 is 23.4 Å². The predicted octanol–water partition coefficient (Wildman–Crippen LogP) is 1.65. The Labute approximate surface area is 107 Å². The molecule has 2 N–H and O–H groups in total. The first-order valence-corrected chi connectivity index (χ1v) is 6.87. The molecule has 0 aliphatic rings. The van der Waals surface area contributed by atoms with Gasteiger partial charge in [-0.2, -0.15) is 11.8 Å². The van der Waals surface area contributed by atoms with Crippen molar-refractivity contribution in [3.05, 3.63) is 6.33 Å². The highest BCUT2D eigenvalue weighted by Gasteiger charge is 2.17. The Bertz CT molecular complexity index is 361. The third-order valence-corrected chi connectivity index (χ3v) is 3.40. The van der Waals surface area contributed by atoms with Crippen LogP contribution in [0.25, 0.3) is 0 Å². The van der Waals surface area contributed by atoms with Crippen molar-refractivity contribution in [3.8, 4) is 5.75 Å². The fourth-order valence-corrected chi connectivity index (χ4v) is 2.09. The summed E-state index contributed by atoms with van der Waals surface area (Å²) in [5.74, 6) is 2.79. The maximum Gasteiger partial charge on any atom is 0.204 e. The Morgan fingerprint density at radius 3 is 2.82 bits per heavy atom. The zero-order valence-corrected chi connectivity index (χ0v) is 11.6. The Kier molecular flexibility index (Phi) is 5.34. The van der Waals surface area contributed by atoms with Gasteiger partial charge >= 0.3 is 0 Å². The number of hydrogen-bond donors (Lipinski definition) is 1. The summed E-state index contributed by atoms with van der Waals surface area (Å²) in [5, 5.41) is 0. The van der Waals surface area contributed by atoms with E-state index >= 15 is 0 Å². The monoisotopic (exact) mass is 256 g/mol. The lowest BCUT2D eigenvalue weighted by molar-refractivity contribution is 0.412. The van der Waals surface area contributed by atoms with Crippen molar-refractivity contribution < 1.29 is 4.74 Å². The molecule has 0 saturated carbocycles. The lowest BCUT2D eigenvalue weighted by Gasteiger charge is -2.27. The van der Waals surface area contributed by atoms with Gasteiger partial charge in [-0.25, -0.2) is 9.97 Å². The van der Waals surface area contributed by atoms with Gasteiger partial charge in [0.1, 0.15) is 6.33 Å². The lowest BCUT2D eigenvalue weighted by atomic mass is 10.2. The molecule has 0 spiro atoms. The fraction of sp³-hybridized carbons (Fsp3) is 0.636. The second-order valence-corrected chi connectivity index (χ2v) is 4.84. The van der Waals surface area contributed by atoms with Gasteiger partial charge < -0.3 is 15.4 Å². The molecule has 1 aromatic rings. The van der Waals surface area contributed by atoms with E-state index in [2.05, 4.69) is 28.0 Å². The standard InChI is InChI=1S/C11H20N4OS/c1-8(5-6-17-4)15(2)11-9(16-3)10(12)13-7-14-11/h7-8H,5-6H2,1-4H3,(H2,12,13,14). The van der Waals surface area contributed by atoms with Crippen LogP contribution in [0.1, 0.15) is 13.3 Å². The SMILES string of the molecule is COc1c(N)ncnc1N(C)C(C)CCSC. The van der Waals surface area contributed by atoms with Crippen molar-refractivity contribution in [1.29, 1.82) is 0 Å². The second kappa shape index (κ2) is 6.54. The van der Waals surface area contributed by atoms with Gasteiger partial charge in [-0.05, 0) is 25.4 Å². The van der Waals surface area contributed by atoms with Crippen LogP contribution in [0.3, 0.4) is 0 Å². The smallest absolute Gasteiger partial charge is 0.204 e. The molecule has 0 saturated heterocycles. The average Bonchev–Trinajstić information content (AvgIpc) is 2.34. The van der Waals surface area contributed by atoms with Crippen LogP contribution < -0.4 is 15.4 Å². The van der Waals surface area contributed by atoms with Crippen LogP contribution in [0.15, 0.2) is 6.33 Å². The minimum absolute atomic E-state index is 0.376. The number of rotatable bonds is 6. The van der Waals surface area contributed by atoms with E-state index in [1.165, 1.54) is 6.33 Å². The predicted molar refractivity (Wildman–Crippen MR) is 73.9 cm³/mol.